The fourth-order valence-electron chi connectivity index (χ4n) is 2.28. The topological polar surface area (TPSA) is 76.3 Å². The second-order valence-electron chi connectivity index (χ2n) is 4.63. The first-order chi connectivity index (χ1) is 10.1. The first-order valence-corrected chi connectivity index (χ1v) is 7.46. The molecule has 0 atom stereocenters. The zero-order valence-corrected chi connectivity index (χ0v) is 12.4. The minimum Gasteiger partial charge on any atom is -0.334 e. The van der Waals surface area contributed by atoms with Gasteiger partial charge in [-0.1, -0.05) is 11.6 Å². The SMILES string of the molecule is O=C(c1cc([N+](=O)[O-])cnc1Cl)N1CCc2sccc2C1. The Labute approximate surface area is 129 Å². The van der Waals surface area contributed by atoms with Crippen molar-refractivity contribution in [3.05, 3.63) is 55.0 Å². The van der Waals surface area contributed by atoms with Crippen LogP contribution < -0.4 is 0 Å². The van der Waals surface area contributed by atoms with Gasteiger partial charge in [0, 0.05) is 24.0 Å². The number of fused-ring (bicyclic) bond motifs is 1. The lowest BCUT2D eigenvalue weighted by molar-refractivity contribution is -0.385. The third-order valence-electron chi connectivity index (χ3n) is 3.36. The van der Waals surface area contributed by atoms with Crippen molar-refractivity contribution in [2.75, 3.05) is 6.54 Å². The number of thiophene rings is 1. The average Bonchev–Trinajstić information content (AvgIpc) is 2.94. The van der Waals surface area contributed by atoms with Crippen molar-refractivity contribution in [1.29, 1.82) is 0 Å². The van der Waals surface area contributed by atoms with Crippen LogP contribution in [0.15, 0.2) is 23.7 Å². The van der Waals surface area contributed by atoms with Gasteiger partial charge in [0.1, 0.15) is 11.3 Å². The first kappa shape index (κ1) is 14.0. The van der Waals surface area contributed by atoms with Gasteiger partial charge in [0.25, 0.3) is 11.6 Å². The smallest absolute Gasteiger partial charge is 0.288 e. The van der Waals surface area contributed by atoms with Crippen LogP contribution in [0.3, 0.4) is 0 Å². The molecule has 3 heterocycles. The molecule has 1 aliphatic heterocycles. The maximum Gasteiger partial charge on any atom is 0.288 e. The highest BCUT2D eigenvalue weighted by molar-refractivity contribution is 7.10. The van der Waals surface area contributed by atoms with E-state index in [4.69, 9.17) is 11.6 Å². The van der Waals surface area contributed by atoms with Gasteiger partial charge in [-0.25, -0.2) is 4.98 Å². The number of aromatic nitrogens is 1. The minimum absolute atomic E-state index is 0.0123. The molecule has 0 radical (unpaired) electrons. The Hall–Kier alpha value is -1.99. The summed E-state index contributed by atoms with van der Waals surface area (Å²) in [6.07, 6.45) is 1.84. The Kier molecular flexibility index (Phi) is 3.60. The molecular formula is C13H10ClN3O3S. The third-order valence-corrected chi connectivity index (χ3v) is 4.68. The molecule has 0 fully saturated rings. The minimum atomic E-state index is -0.590. The molecular weight excluding hydrogens is 314 g/mol. The molecule has 0 aromatic carbocycles. The van der Waals surface area contributed by atoms with Gasteiger partial charge in [-0.05, 0) is 23.4 Å². The highest BCUT2D eigenvalue weighted by atomic mass is 35.5. The molecule has 0 N–H and O–H groups in total. The van der Waals surface area contributed by atoms with Gasteiger partial charge in [0.05, 0.1) is 10.5 Å². The summed E-state index contributed by atoms with van der Waals surface area (Å²) >= 11 is 7.59. The molecule has 21 heavy (non-hydrogen) atoms. The molecule has 2 aromatic rings. The summed E-state index contributed by atoms with van der Waals surface area (Å²) in [6.45, 7) is 1.07. The molecule has 0 spiro atoms. The summed E-state index contributed by atoms with van der Waals surface area (Å²) in [5.74, 6) is -0.326. The summed E-state index contributed by atoms with van der Waals surface area (Å²) < 4.78 is 0. The van der Waals surface area contributed by atoms with Crippen LogP contribution in [-0.4, -0.2) is 27.3 Å². The predicted molar refractivity (Wildman–Crippen MR) is 78.7 cm³/mol. The Morgan fingerprint density at radius 3 is 3.10 bits per heavy atom. The second kappa shape index (κ2) is 5.42. The molecule has 6 nitrogen and oxygen atoms in total. The molecule has 3 rings (SSSR count). The summed E-state index contributed by atoms with van der Waals surface area (Å²) in [5, 5.41) is 12.8. The summed E-state index contributed by atoms with van der Waals surface area (Å²) in [6, 6.07) is 3.17. The normalized spacial score (nSPS) is 13.9. The van der Waals surface area contributed by atoms with Crippen molar-refractivity contribution in [3.8, 4) is 0 Å². The van der Waals surface area contributed by atoms with E-state index in [9.17, 15) is 14.9 Å². The van der Waals surface area contributed by atoms with E-state index in [1.54, 1.807) is 16.2 Å². The van der Waals surface area contributed by atoms with Crippen LogP contribution in [0.2, 0.25) is 5.15 Å². The fourth-order valence-corrected chi connectivity index (χ4v) is 3.35. The van der Waals surface area contributed by atoms with Crippen LogP contribution in [-0.2, 0) is 13.0 Å². The lowest BCUT2D eigenvalue weighted by Crippen LogP contribution is -2.35. The van der Waals surface area contributed by atoms with E-state index in [0.717, 1.165) is 18.2 Å². The predicted octanol–water partition coefficient (Wildman–Crippen LogP) is 2.90. The zero-order valence-electron chi connectivity index (χ0n) is 10.8. The Bertz CT molecular complexity index is 731. The standard InChI is InChI=1S/C13H10ClN3O3S/c14-12-10(5-9(6-15-12)17(19)20)13(18)16-3-1-11-8(7-16)2-4-21-11/h2,4-6H,1,3,7H2. The van der Waals surface area contributed by atoms with Crippen molar-refractivity contribution < 1.29 is 9.72 Å². The molecule has 0 unspecified atom stereocenters. The summed E-state index contributed by atoms with van der Waals surface area (Å²) in [4.78, 5) is 29.4. The van der Waals surface area contributed by atoms with Crippen LogP contribution in [0, 0.1) is 10.1 Å². The van der Waals surface area contributed by atoms with E-state index in [2.05, 4.69) is 4.98 Å². The Balaban J connectivity index is 1.89. The highest BCUT2D eigenvalue weighted by Crippen LogP contribution is 2.27. The van der Waals surface area contributed by atoms with E-state index in [0.29, 0.717) is 13.1 Å². The quantitative estimate of drug-likeness (QED) is 0.483. The van der Waals surface area contributed by atoms with Gasteiger partial charge < -0.3 is 4.90 Å². The number of nitrogens with zero attached hydrogens (tertiary/aromatic N) is 3. The number of halogens is 1. The maximum atomic E-state index is 12.5. The number of hydrogen-bond acceptors (Lipinski definition) is 5. The number of hydrogen-bond donors (Lipinski definition) is 0. The van der Waals surface area contributed by atoms with Crippen LogP contribution in [0.5, 0.6) is 0 Å². The van der Waals surface area contributed by atoms with Crippen molar-refractivity contribution in [3.63, 3.8) is 0 Å². The van der Waals surface area contributed by atoms with Crippen LogP contribution in [0.1, 0.15) is 20.8 Å². The second-order valence-corrected chi connectivity index (χ2v) is 5.99. The van der Waals surface area contributed by atoms with Gasteiger partial charge in [-0.2, -0.15) is 0 Å². The maximum absolute atomic E-state index is 12.5. The van der Waals surface area contributed by atoms with Gasteiger partial charge >= 0.3 is 0 Å². The van der Waals surface area contributed by atoms with E-state index < -0.39 is 4.92 Å². The van der Waals surface area contributed by atoms with E-state index in [1.807, 2.05) is 11.4 Å². The molecule has 0 saturated heterocycles. The summed E-state index contributed by atoms with van der Waals surface area (Å²) in [7, 11) is 0. The fraction of sp³-hybridized carbons (Fsp3) is 0.231. The van der Waals surface area contributed by atoms with Crippen molar-refractivity contribution in [2.24, 2.45) is 0 Å². The lowest BCUT2D eigenvalue weighted by atomic mass is 10.1. The van der Waals surface area contributed by atoms with Gasteiger partial charge in [0.2, 0.25) is 0 Å². The monoisotopic (exact) mass is 323 g/mol. The third kappa shape index (κ3) is 2.62. The largest absolute Gasteiger partial charge is 0.334 e. The first-order valence-electron chi connectivity index (χ1n) is 6.20. The molecule has 108 valence electrons. The summed E-state index contributed by atoms with van der Waals surface area (Å²) in [5.41, 5.74) is 0.953. The van der Waals surface area contributed by atoms with E-state index >= 15 is 0 Å². The van der Waals surface area contributed by atoms with Gasteiger partial charge in [0.15, 0.2) is 0 Å². The average molecular weight is 324 g/mol. The Morgan fingerprint density at radius 1 is 1.52 bits per heavy atom. The van der Waals surface area contributed by atoms with Crippen molar-refractivity contribution in [1.82, 2.24) is 9.88 Å². The number of nitro groups is 1. The van der Waals surface area contributed by atoms with Crippen molar-refractivity contribution in [2.45, 2.75) is 13.0 Å². The molecule has 1 aliphatic rings. The van der Waals surface area contributed by atoms with E-state index in [1.165, 1.54) is 10.9 Å². The molecule has 0 saturated carbocycles. The number of rotatable bonds is 2. The lowest BCUT2D eigenvalue weighted by Gasteiger charge is -2.27. The Morgan fingerprint density at radius 2 is 2.33 bits per heavy atom. The molecule has 1 amide bonds. The zero-order chi connectivity index (χ0) is 15.0. The highest BCUT2D eigenvalue weighted by Gasteiger charge is 2.26. The van der Waals surface area contributed by atoms with Crippen LogP contribution in [0.25, 0.3) is 0 Å². The number of amides is 1. The molecule has 8 heteroatoms. The number of carbonyl (C=O) groups excluding carboxylic acids is 1. The number of carbonyl (C=O) groups is 1. The molecule has 0 bridgehead atoms. The van der Waals surface area contributed by atoms with Gasteiger partial charge in [-0.3, -0.25) is 14.9 Å². The molecule has 0 aliphatic carbocycles. The van der Waals surface area contributed by atoms with E-state index in [-0.39, 0.29) is 22.3 Å². The van der Waals surface area contributed by atoms with Crippen LogP contribution >= 0.6 is 22.9 Å². The van der Waals surface area contributed by atoms with Crippen LogP contribution in [0.4, 0.5) is 5.69 Å². The number of pyridine rings is 1. The molecule has 2 aromatic heterocycles. The van der Waals surface area contributed by atoms with Crippen molar-refractivity contribution >= 4 is 34.5 Å². The van der Waals surface area contributed by atoms with Gasteiger partial charge in [-0.15, -0.1) is 11.3 Å².